The van der Waals surface area contributed by atoms with Crippen molar-refractivity contribution in [2.24, 2.45) is 0 Å². The van der Waals surface area contributed by atoms with Crippen LogP contribution in [0.25, 0.3) is 11.4 Å². The lowest BCUT2D eigenvalue weighted by atomic mass is 10.0. The van der Waals surface area contributed by atoms with Gasteiger partial charge in [0.15, 0.2) is 6.33 Å². The van der Waals surface area contributed by atoms with Crippen molar-refractivity contribution in [1.82, 2.24) is 25.7 Å². The maximum absolute atomic E-state index is 11.8. The molecule has 9 nitrogen and oxygen atoms in total. The second kappa shape index (κ2) is 7.65. The highest BCUT2D eigenvalue weighted by Gasteiger charge is 2.24. The molecule has 1 amide bonds. The fourth-order valence-corrected chi connectivity index (χ4v) is 2.00. The summed E-state index contributed by atoms with van der Waals surface area (Å²) in [5.41, 5.74) is 0.729. The molecule has 0 saturated carbocycles. The summed E-state index contributed by atoms with van der Waals surface area (Å²) in [6, 6.07) is 5.84. The Morgan fingerprint density at radius 2 is 1.76 bits per heavy atom. The number of aliphatic carboxylic acids is 1. The van der Waals surface area contributed by atoms with Crippen molar-refractivity contribution in [3.8, 4) is 11.4 Å². The van der Waals surface area contributed by atoms with E-state index in [9.17, 15) is 14.7 Å². The zero-order valence-electron chi connectivity index (χ0n) is 14.1. The predicted molar refractivity (Wildman–Crippen MR) is 87.6 cm³/mol. The maximum atomic E-state index is 11.8. The summed E-state index contributed by atoms with van der Waals surface area (Å²) < 4.78 is 5.09. The fourth-order valence-electron chi connectivity index (χ4n) is 2.00. The highest BCUT2D eigenvalue weighted by Crippen LogP contribution is 2.15. The molecule has 1 heterocycles. The van der Waals surface area contributed by atoms with E-state index >= 15 is 0 Å². The fraction of sp³-hybridized carbons (Fsp3) is 0.375. The van der Waals surface area contributed by atoms with Crippen molar-refractivity contribution in [1.29, 1.82) is 0 Å². The molecule has 1 atom stereocenters. The third-order valence-electron chi connectivity index (χ3n) is 3.05. The maximum Gasteiger partial charge on any atom is 0.408 e. The number of amides is 1. The summed E-state index contributed by atoms with van der Waals surface area (Å²) in [6.07, 6.45) is 0.574. The topological polar surface area (TPSA) is 127 Å². The SMILES string of the molecule is CC(C)(C)OC(=O)NC(Cc1ccc(-c2nncnn2)cc1)C(=O)O. The minimum Gasteiger partial charge on any atom is -0.480 e. The average molecular weight is 345 g/mol. The number of carbonyl (C=O) groups is 2. The monoisotopic (exact) mass is 345 g/mol. The van der Waals surface area contributed by atoms with Crippen LogP contribution >= 0.6 is 0 Å². The van der Waals surface area contributed by atoms with Crippen LogP contribution in [0.5, 0.6) is 0 Å². The van der Waals surface area contributed by atoms with Crippen LogP contribution in [0.1, 0.15) is 26.3 Å². The number of nitrogens with zero attached hydrogens (tertiary/aromatic N) is 4. The summed E-state index contributed by atoms with van der Waals surface area (Å²) in [5.74, 6) is -0.773. The number of hydrogen-bond acceptors (Lipinski definition) is 7. The van der Waals surface area contributed by atoms with Gasteiger partial charge < -0.3 is 15.2 Å². The van der Waals surface area contributed by atoms with Crippen LogP contribution in [-0.2, 0) is 16.0 Å². The first-order chi connectivity index (χ1) is 11.7. The lowest BCUT2D eigenvalue weighted by Crippen LogP contribution is -2.44. The number of rotatable bonds is 5. The Morgan fingerprint density at radius 3 is 2.28 bits per heavy atom. The van der Waals surface area contributed by atoms with Gasteiger partial charge >= 0.3 is 12.1 Å². The Labute approximate surface area is 144 Å². The summed E-state index contributed by atoms with van der Waals surface area (Å²) in [7, 11) is 0. The average Bonchev–Trinajstić information content (AvgIpc) is 2.54. The van der Waals surface area contributed by atoms with E-state index in [1.807, 2.05) is 0 Å². The molecule has 132 valence electrons. The number of benzene rings is 1. The minimum atomic E-state index is -1.14. The van der Waals surface area contributed by atoms with E-state index in [4.69, 9.17) is 4.74 Å². The van der Waals surface area contributed by atoms with Gasteiger partial charge in [0.05, 0.1) is 0 Å². The molecule has 0 aliphatic heterocycles. The van der Waals surface area contributed by atoms with Gasteiger partial charge in [0.2, 0.25) is 5.82 Å². The zero-order chi connectivity index (χ0) is 18.4. The van der Waals surface area contributed by atoms with Crippen LogP contribution in [-0.4, -0.2) is 49.2 Å². The van der Waals surface area contributed by atoms with Gasteiger partial charge in [-0.05, 0) is 26.3 Å². The molecule has 2 rings (SSSR count). The molecular weight excluding hydrogens is 326 g/mol. The van der Waals surface area contributed by atoms with Gasteiger partial charge in [0, 0.05) is 12.0 Å². The first kappa shape index (κ1) is 18.2. The number of carboxylic acids is 1. The van der Waals surface area contributed by atoms with Crippen LogP contribution < -0.4 is 5.32 Å². The van der Waals surface area contributed by atoms with Gasteiger partial charge in [-0.2, -0.15) is 0 Å². The van der Waals surface area contributed by atoms with Crippen molar-refractivity contribution in [3.05, 3.63) is 36.2 Å². The third kappa shape index (κ3) is 5.79. The van der Waals surface area contributed by atoms with E-state index in [0.717, 1.165) is 5.56 Å². The van der Waals surface area contributed by atoms with Gasteiger partial charge in [-0.25, -0.2) is 9.59 Å². The second-order valence-corrected chi connectivity index (χ2v) is 6.31. The first-order valence-electron chi connectivity index (χ1n) is 7.56. The van der Waals surface area contributed by atoms with Gasteiger partial charge in [-0.3, -0.25) is 0 Å². The molecular formula is C16H19N5O4. The zero-order valence-corrected chi connectivity index (χ0v) is 14.1. The molecule has 0 aliphatic carbocycles. The number of nitrogens with one attached hydrogen (secondary N) is 1. The summed E-state index contributed by atoms with van der Waals surface area (Å²) in [6.45, 7) is 5.11. The van der Waals surface area contributed by atoms with Crippen molar-refractivity contribution in [2.75, 3.05) is 0 Å². The molecule has 0 aliphatic rings. The Hall–Kier alpha value is -3.10. The number of carbonyl (C=O) groups excluding carboxylic acids is 1. The Balaban J connectivity index is 2.04. The van der Waals surface area contributed by atoms with Crippen molar-refractivity contribution in [3.63, 3.8) is 0 Å². The van der Waals surface area contributed by atoms with E-state index in [0.29, 0.717) is 11.4 Å². The lowest BCUT2D eigenvalue weighted by molar-refractivity contribution is -0.139. The van der Waals surface area contributed by atoms with E-state index < -0.39 is 23.7 Å². The predicted octanol–water partition coefficient (Wildman–Crippen LogP) is 1.45. The number of aromatic nitrogens is 4. The van der Waals surface area contributed by atoms with Gasteiger partial charge in [0.25, 0.3) is 0 Å². The standard InChI is InChI=1S/C16H19N5O4/c1-16(2,3)25-15(24)19-12(14(22)23)8-10-4-6-11(7-5-10)13-20-17-9-18-21-13/h4-7,9,12H,8H2,1-3H3,(H,19,24)(H,22,23). The van der Waals surface area contributed by atoms with Crippen molar-refractivity contribution >= 4 is 12.1 Å². The molecule has 0 bridgehead atoms. The first-order valence-corrected chi connectivity index (χ1v) is 7.56. The van der Waals surface area contributed by atoms with Gasteiger partial charge in [0.1, 0.15) is 11.6 Å². The molecule has 1 unspecified atom stereocenters. The Morgan fingerprint density at radius 1 is 1.16 bits per heavy atom. The Bertz CT molecular complexity index is 728. The van der Waals surface area contributed by atoms with E-state index in [1.165, 1.54) is 6.33 Å². The molecule has 9 heteroatoms. The molecule has 1 aromatic carbocycles. The van der Waals surface area contributed by atoms with Gasteiger partial charge in [-0.15, -0.1) is 20.4 Å². The minimum absolute atomic E-state index is 0.112. The summed E-state index contributed by atoms with van der Waals surface area (Å²) >= 11 is 0. The molecule has 0 radical (unpaired) electrons. The van der Waals surface area contributed by atoms with E-state index in [2.05, 4.69) is 25.7 Å². The highest BCUT2D eigenvalue weighted by atomic mass is 16.6. The quantitative estimate of drug-likeness (QED) is 0.833. The van der Waals surface area contributed by atoms with Crippen molar-refractivity contribution in [2.45, 2.75) is 38.8 Å². The second-order valence-electron chi connectivity index (χ2n) is 6.31. The molecule has 2 aromatic rings. The highest BCUT2D eigenvalue weighted by molar-refractivity contribution is 5.80. The lowest BCUT2D eigenvalue weighted by Gasteiger charge is -2.22. The molecule has 2 N–H and O–H groups in total. The largest absolute Gasteiger partial charge is 0.480 e. The van der Waals surface area contributed by atoms with Crippen LogP contribution in [0.4, 0.5) is 4.79 Å². The molecule has 0 saturated heterocycles. The number of carboxylic acid groups (broad SMARTS) is 1. The van der Waals surface area contributed by atoms with Crippen LogP contribution in [0.2, 0.25) is 0 Å². The van der Waals surface area contributed by atoms with Crippen molar-refractivity contribution < 1.29 is 19.4 Å². The molecule has 0 spiro atoms. The molecule has 25 heavy (non-hydrogen) atoms. The number of hydrogen-bond donors (Lipinski definition) is 2. The van der Waals surface area contributed by atoms with Crippen LogP contribution in [0.3, 0.4) is 0 Å². The van der Waals surface area contributed by atoms with Crippen LogP contribution in [0.15, 0.2) is 30.6 Å². The number of alkyl carbamates (subject to hydrolysis) is 1. The summed E-state index contributed by atoms with van der Waals surface area (Å²) in [4.78, 5) is 23.2. The van der Waals surface area contributed by atoms with Gasteiger partial charge in [-0.1, -0.05) is 24.3 Å². The molecule has 0 fully saturated rings. The summed E-state index contributed by atoms with van der Waals surface area (Å²) in [5, 5.41) is 26.7. The third-order valence-corrected chi connectivity index (χ3v) is 3.05. The van der Waals surface area contributed by atoms with E-state index in [-0.39, 0.29) is 6.42 Å². The van der Waals surface area contributed by atoms with Crippen LogP contribution in [0, 0.1) is 0 Å². The van der Waals surface area contributed by atoms with E-state index in [1.54, 1.807) is 45.0 Å². The smallest absolute Gasteiger partial charge is 0.408 e. The number of ether oxygens (including phenoxy) is 1. The Kier molecular flexibility index (Phi) is 5.58. The normalized spacial score (nSPS) is 12.3. The molecule has 1 aromatic heterocycles.